The molecule has 6 heteroatoms. The van der Waals surface area contributed by atoms with Gasteiger partial charge in [0.15, 0.2) is 0 Å². The van der Waals surface area contributed by atoms with Gasteiger partial charge in [0.25, 0.3) is 0 Å². The van der Waals surface area contributed by atoms with Gasteiger partial charge in [0.1, 0.15) is 17.8 Å². The molecule has 1 N–H and O–H groups in total. The Morgan fingerprint density at radius 1 is 1.26 bits per heavy atom. The Morgan fingerprint density at radius 2 is 1.96 bits per heavy atom. The fraction of sp³-hybridized carbons (Fsp3) is 0.471. The average Bonchev–Trinajstić information content (AvgIpc) is 2.84. The van der Waals surface area contributed by atoms with Crippen molar-refractivity contribution >= 4 is 5.97 Å². The van der Waals surface area contributed by atoms with E-state index in [0.717, 1.165) is 11.1 Å². The van der Waals surface area contributed by atoms with Crippen molar-refractivity contribution in [3.05, 3.63) is 36.0 Å². The van der Waals surface area contributed by atoms with Gasteiger partial charge in [0.2, 0.25) is 0 Å². The van der Waals surface area contributed by atoms with Gasteiger partial charge in [-0.05, 0) is 46.2 Å². The molecule has 2 aromatic rings. The van der Waals surface area contributed by atoms with E-state index in [1.54, 1.807) is 20.0 Å². The van der Waals surface area contributed by atoms with E-state index in [0.29, 0.717) is 5.69 Å². The van der Waals surface area contributed by atoms with Gasteiger partial charge >= 0.3 is 5.97 Å². The standard InChI is InChI=1S/C17H23N3O3/c1-16(2,3)23-15(21)11-20-10-14(18-19-20)12-7-6-8-13(9-12)17(4,5)22/h6-10,22H,11H2,1-5H3. The maximum absolute atomic E-state index is 11.8. The van der Waals surface area contributed by atoms with Gasteiger partial charge in [-0.3, -0.25) is 4.79 Å². The van der Waals surface area contributed by atoms with Gasteiger partial charge in [-0.2, -0.15) is 0 Å². The molecule has 0 saturated heterocycles. The molecule has 0 aliphatic carbocycles. The highest BCUT2D eigenvalue weighted by molar-refractivity contribution is 5.69. The third kappa shape index (κ3) is 4.89. The van der Waals surface area contributed by atoms with Crippen molar-refractivity contribution in [2.24, 2.45) is 0 Å². The van der Waals surface area contributed by atoms with Crippen molar-refractivity contribution < 1.29 is 14.6 Å². The first-order valence-corrected chi connectivity index (χ1v) is 7.50. The molecule has 0 atom stereocenters. The van der Waals surface area contributed by atoms with Crippen LogP contribution in [0.4, 0.5) is 0 Å². The van der Waals surface area contributed by atoms with Crippen molar-refractivity contribution in [2.75, 3.05) is 0 Å². The summed E-state index contributed by atoms with van der Waals surface area (Å²) in [5.41, 5.74) is 0.806. The monoisotopic (exact) mass is 317 g/mol. The van der Waals surface area contributed by atoms with Gasteiger partial charge in [-0.25, -0.2) is 4.68 Å². The van der Waals surface area contributed by atoms with Crippen LogP contribution in [0.5, 0.6) is 0 Å². The molecule has 23 heavy (non-hydrogen) atoms. The van der Waals surface area contributed by atoms with Crippen molar-refractivity contribution in [1.29, 1.82) is 0 Å². The lowest BCUT2D eigenvalue weighted by atomic mass is 9.96. The molecule has 0 fully saturated rings. The van der Waals surface area contributed by atoms with Crippen LogP contribution in [0.1, 0.15) is 40.2 Å². The molecule has 0 bridgehead atoms. The van der Waals surface area contributed by atoms with Crippen LogP contribution in [0.3, 0.4) is 0 Å². The zero-order chi connectivity index (χ0) is 17.3. The second kappa shape index (κ2) is 6.12. The lowest BCUT2D eigenvalue weighted by Crippen LogP contribution is -2.26. The summed E-state index contributed by atoms with van der Waals surface area (Å²) in [5, 5.41) is 18.1. The van der Waals surface area contributed by atoms with E-state index in [1.165, 1.54) is 4.68 Å². The first-order chi connectivity index (χ1) is 10.5. The van der Waals surface area contributed by atoms with Crippen LogP contribution >= 0.6 is 0 Å². The number of nitrogens with zero attached hydrogens (tertiary/aromatic N) is 3. The third-order valence-corrected chi connectivity index (χ3v) is 3.11. The van der Waals surface area contributed by atoms with Crippen LogP contribution in [0, 0.1) is 0 Å². The Balaban J connectivity index is 2.15. The second-order valence-corrected chi connectivity index (χ2v) is 7.03. The number of carbonyl (C=O) groups is 1. The summed E-state index contributed by atoms with van der Waals surface area (Å²) in [6.45, 7) is 8.92. The van der Waals surface area contributed by atoms with Gasteiger partial charge in [-0.1, -0.05) is 23.4 Å². The van der Waals surface area contributed by atoms with Crippen molar-refractivity contribution in [1.82, 2.24) is 15.0 Å². The summed E-state index contributed by atoms with van der Waals surface area (Å²) in [6, 6.07) is 7.46. The molecule has 0 aliphatic heterocycles. The van der Waals surface area contributed by atoms with Gasteiger partial charge < -0.3 is 9.84 Å². The molecule has 0 amide bonds. The van der Waals surface area contributed by atoms with Crippen molar-refractivity contribution in [3.8, 4) is 11.3 Å². The number of esters is 1. The minimum Gasteiger partial charge on any atom is -0.459 e. The predicted molar refractivity (Wildman–Crippen MR) is 86.5 cm³/mol. The van der Waals surface area contributed by atoms with Crippen LogP contribution in [0.25, 0.3) is 11.3 Å². The highest BCUT2D eigenvalue weighted by Gasteiger charge is 2.19. The molecule has 0 aliphatic rings. The zero-order valence-corrected chi connectivity index (χ0v) is 14.2. The van der Waals surface area contributed by atoms with Crippen LogP contribution in [0.2, 0.25) is 0 Å². The Labute approximate surface area is 136 Å². The average molecular weight is 317 g/mol. The van der Waals surface area contributed by atoms with Crippen molar-refractivity contribution in [3.63, 3.8) is 0 Å². The Bertz CT molecular complexity index is 694. The number of hydrogen-bond donors (Lipinski definition) is 1. The highest BCUT2D eigenvalue weighted by atomic mass is 16.6. The molecule has 0 unspecified atom stereocenters. The molecular formula is C17H23N3O3. The first kappa shape index (κ1) is 17.1. The Hall–Kier alpha value is -2.21. The molecule has 6 nitrogen and oxygen atoms in total. The maximum atomic E-state index is 11.8. The molecule has 1 aromatic carbocycles. The number of carbonyl (C=O) groups excluding carboxylic acids is 1. The fourth-order valence-corrected chi connectivity index (χ4v) is 2.07. The Morgan fingerprint density at radius 3 is 2.57 bits per heavy atom. The van der Waals surface area contributed by atoms with Crippen LogP contribution < -0.4 is 0 Å². The fourth-order valence-electron chi connectivity index (χ4n) is 2.07. The molecule has 1 heterocycles. The van der Waals surface area contributed by atoms with Crippen LogP contribution in [-0.2, 0) is 21.7 Å². The number of ether oxygens (including phenoxy) is 1. The second-order valence-electron chi connectivity index (χ2n) is 7.03. The molecule has 0 radical (unpaired) electrons. The highest BCUT2D eigenvalue weighted by Crippen LogP contribution is 2.24. The molecule has 2 rings (SSSR count). The summed E-state index contributed by atoms with van der Waals surface area (Å²) < 4.78 is 6.70. The van der Waals surface area contributed by atoms with E-state index in [-0.39, 0.29) is 12.5 Å². The smallest absolute Gasteiger partial charge is 0.328 e. The largest absolute Gasteiger partial charge is 0.459 e. The summed E-state index contributed by atoms with van der Waals surface area (Å²) in [4.78, 5) is 11.8. The van der Waals surface area contributed by atoms with Gasteiger partial charge in [-0.15, -0.1) is 5.10 Å². The van der Waals surface area contributed by atoms with E-state index in [2.05, 4.69) is 10.3 Å². The maximum Gasteiger partial charge on any atom is 0.328 e. The van der Waals surface area contributed by atoms with Crippen LogP contribution in [0.15, 0.2) is 30.5 Å². The van der Waals surface area contributed by atoms with Gasteiger partial charge in [0, 0.05) is 5.56 Å². The lowest BCUT2D eigenvalue weighted by molar-refractivity contribution is -0.155. The minimum absolute atomic E-state index is 0.00938. The third-order valence-electron chi connectivity index (χ3n) is 3.11. The lowest BCUT2D eigenvalue weighted by Gasteiger charge is -2.19. The summed E-state index contributed by atoms with van der Waals surface area (Å²) in [7, 11) is 0. The van der Waals surface area contributed by atoms with Gasteiger partial charge in [0.05, 0.1) is 11.8 Å². The minimum atomic E-state index is -0.928. The molecular weight excluding hydrogens is 294 g/mol. The van der Waals surface area contributed by atoms with Crippen LogP contribution in [-0.4, -0.2) is 31.7 Å². The molecule has 0 saturated carbocycles. The summed E-state index contributed by atoms with van der Waals surface area (Å²) >= 11 is 0. The number of rotatable bonds is 4. The van der Waals surface area contributed by atoms with E-state index in [4.69, 9.17) is 4.74 Å². The Kier molecular flexibility index (Phi) is 4.56. The SMILES string of the molecule is CC(C)(C)OC(=O)Cn1cc(-c2cccc(C(C)(C)O)c2)nn1. The topological polar surface area (TPSA) is 77.2 Å². The van der Waals surface area contributed by atoms with E-state index >= 15 is 0 Å². The van der Waals surface area contributed by atoms with E-state index in [1.807, 2.05) is 45.0 Å². The number of hydrogen-bond acceptors (Lipinski definition) is 5. The quantitative estimate of drug-likeness (QED) is 0.877. The number of aromatic nitrogens is 3. The zero-order valence-electron chi connectivity index (χ0n) is 14.2. The first-order valence-electron chi connectivity index (χ1n) is 7.50. The number of aliphatic hydroxyl groups is 1. The molecule has 0 spiro atoms. The molecule has 124 valence electrons. The summed E-state index contributed by atoms with van der Waals surface area (Å²) in [5.74, 6) is -0.362. The van der Waals surface area contributed by atoms with E-state index in [9.17, 15) is 9.90 Å². The van der Waals surface area contributed by atoms with Crippen molar-refractivity contribution in [2.45, 2.75) is 52.4 Å². The molecule has 1 aromatic heterocycles. The number of benzene rings is 1. The normalized spacial score (nSPS) is 12.3. The summed E-state index contributed by atoms with van der Waals surface area (Å²) in [6.07, 6.45) is 1.69. The van der Waals surface area contributed by atoms with E-state index < -0.39 is 11.2 Å². The predicted octanol–water partition coefficient (Wildman–Crippen LogP) is 2.51.